The predicted octanol–water partition coefficient (Wildman–Crippen LogP) is 2.54. The molecule has 1 fully saturated rings. The molecule has 2 aromatic heterocycles. The van der Waals surface area contributed by atoms with E-state index in [1.165, 1.54) is 28.8 Å². The van der Waals surface area contributed by atoms with Crippen LogP contribution < -0.4 is 5.32 Å². The quantitative estimate of drug-likeness (QED) is 0.225. The molecule has 12 heteroatoms. The molecule has 4 heterocycles. The van der Waals surface area contributed by atoms with Crippen molar-refractivity contribution < 1.29 is 42.8 Å². The minimum absolute atomic E-state index is 0.0279. The van der Waals surface area contributed by atoms with Gasteiger partial charge < -0.3 is 29.6 Å². The first-order chi connectivity index (χ1) is 18.2. The van der Waals surface area contributed by atoms with Crippen molar-refractivity contribution in [3.8, 4) is 0 Å². The Kier molecular flexibility index (Phi) is 4.74. The molecule has 1 saturated heterocycles. The molecule has 7 rings (SSSR count). The maximum atomic E-state index is 14.5. The van der Waals surface area contributed by atoms with Crippen LogP contribution in [0.3, 0.4) is 0 Å². The van der Waals surface area contributed by atoms with E-state index in [0.29, 0.717) is 10.9 Å². The van der Waals surface area contributed by atoms with Crippen molar-refractivity contribution in [2.75, 3.05) is 6.67 Å². The maximum Gasteiger partial charge on any atom is 0.259 e. The molecular weight excluding hydrogens is 507 g/mol. The lowest BCUT2D eigenvalue weighted by molar-refractivity contribution is -0.245. The number of nitrogens with one attached hydrogen (secondary N) is 2. The fourth-order valence-electron chi connectivity index (χ4n) is 5.86. The Hall–Kier alpha value is -3.97. The molecule has 194 valence electrons. The fraction of sp³-hybridized carbons (Fsp3) is 0.231. The van der Waals surface area contributed by atoms with Gasteiger partial charge in [-0.3, -0.25) is 14.9 Å². The highest BCUT2D eigenvalue weighted by molar-refractivity contribution is 6.39. The van der Waals surface area contributed by atoms with E-state index in [0.717, 1.165) is 12.1 Å². The molecule has 0 bridgehead atoms. The summed E-state index contributed by atoms with van der Waals surface area (Å²) in [6, 6.07) is 7.50. The minimum atomic E-state index is -1.80. The largest absolute Gasteiger partial charge is 0.387 e. The summed E-state index contributed by atoms with van der Waals surface area (Å²) in [5.74, 6) is -2.72. The van der Waals surface area contributed by atoms with E-state index >= 15 is 0 Å². The Morgan fingerprint density at radius 2 is 1.53 bits per heavy atom. The Labute approximate surface area is 210 Å². The van der Waals surface area contributed by atoms with Crippen molar-refractivity contribution in [1.82, 2.24) is 14.9 Å². The third-order valence-corrected chi connectivity index (χ3v) is 7.49. The number of halogens is 3. The zero-order chi connectivity index (χ0) is 26.6. The summed E-state index contributed by atoms with van der Waals surface area (Å²) in [5, 5.41) is 34.8. The number of aromatic amines is 1. The van der Waals surface area contributed by atoms with Crippen LogP contribution in [0.2, 0.25) is 0 Å². The second kappa shape index (κ2) is 7.77. The second-order valence-corrected chi connectivity index (χ2v) is 9.54. The summed E-state index contributed by atoms with van der Waals surface area (Å²) < 4.78 is 49.7. The number of rotatable bonds is 2. The van der Waals surface area contributed by atoms with Crippen molar-refractivity contribution in [3.63, 3.8) is 0 Å². The van der Waals surface area contributed by atoms with Gasteiger partial charge in [-0.05, 0) is 36.4 Å². The van der Waals surface area contributed by atoms with Gasteiger partial charge in [0.05, 0.1) is 27.7 Å². The molecule has 2 aliphatic heterocycles. The summed E-state index contributed by atoms with van der Waals surface area (Å²) in [5.41, 5.74) is 0.969. The summed E-state index contributed by atoms with van der Waals surface area (Å²) in [6.45, 7) is -1.18. The van der Waals surface area contributed by atoms with Crippen LogP contribution in [0.15, 0.2) is 36.4 Å². The van der Waals surface area contributed by atoms with Crippen LogP contribution in [0.5, 0.6) is 0 Å². The number of H-pyrrole nitrogens is 1. The number of aliphatic hydroxyl groups is 3. The van der Waals surface area contributed by atoms with Crippen LogP contribution >= 0.6 is 0 Å². The normalized spacial score (nSPS) is 25.7. The monoisotopic (exact) mass is 525 g/mol. The number of aliphatic hydroxyl groups excluding tert-OH is 3. The lowest BCUT2D eigenvalue weighted by atomic mass is 9.96. The van der Waals surface area contributed by atoms with E-state index in [-0.39, 0.29) is 43.8 Å². The first-order valence-corrected chi connectivity index (χ1v) is 11.7. The number of benzene rings is 3. The van der Waals surface area contributed by atoms with Crippen LogP contribution in [0.25, 0.3) is 43.6 Å². The third kappa shape index (κ3) is 2.85. The van der Waals surface area contributed by atoms with Gasteiger partial charge in [-0.25, -0.2) is 13.2 Å². The zero-order valence-electron chi connectivity index (χ0n) is 19.2. The van der Waals surface area contributed by atoms with E-state index in [2.05, 4.69) is 10.3 Å². The SMILES string of the molecule is O=C1NC(=O)c2c1c1c3cc(F)ccc3[nH]c1c1c2c2cc(F)ccc2n1C1OC(CF)[C@H](O)C(O)C1O. The lowest BCUT2D eigenvalue weighted by Crippen LogP contribution is -2.56. The van der Waals surface area contributed by atoms with Gasteiger partial charge in [0.1, 0.15) is 42.7 Å². The van der Waals surface area contributed by atoms with Crippen LogP contribution in [0, 0.1) is 11.6 Å². The van der Waals surface area contributed by atoms with E-state index in [4.69, 9.17) is 4.74 Å². The summed E-state index contributed by atoms with van der Waals surface area (Å²) in [6.07, 6.45) is -8.28. The van der Waals surface area contributed by atoms with Crippen LogP contribution in [0.4, 0.5) is 13.2 Å². The Bertz CT molecular complexity index is 1860. The number of nitrogens with zero attached hydrogens (tertiary/aromatic N) is 1. The van der Waals surface area contributed by atoms with Crippen LogP contribution in [0.1, 0.15) is 26.9 Å². The number of ether oxygens (including phenoxy) is 1. The van der Waals surface area contributed by atoms with Crippen LogP contribution in [-0.4, -0.2) is 67.8 Å². The Morgan fingerprint density at radius 1 is 0.868 bits per heavy atom. The smallest absolute Gasteiger partial charge is 0.259 e. The molecular formula is C26H18F3N3O6. The minimum Gasteiger partial charge on any atom is -0.387 e. The van der Waals surface area contributed by atoms with Gasteiger partial charge in [0.2, 0.25) is 0 Å². The first kappa shape index (κ1) is 23.2. The molecule has 5 aromatic rings. The number of carbonyl (C=O) groups is 2. The Balaban J connectivity index is 1.72. The molecule has 38 heavy (non-hydrogen) atoms. The topological polar surface area (TPSA) is 137 Å². The van der Waals surface area contributed by atoms with Gasteiger partial charge in [0, 0.05) is 27.1 Å². The summed E-state index contributed by atoms with van der Waals surface area (Å²) >= 11 is 0. The second-order valence-electron chi connectivity index (χ2n) is 9.54. The highest BCUT2D eigenvalue weighted by Crippen LogP contribution is 2.46. The average Bonchev–Trinajstić information content (AvgIpc) is 3.51. The summed E-state index contributed by atoms with van der Waals surface area (Å²) in [4.78, 5) is 29.2. The third-order valence-electron chi connectivity index (χ3n) is 7.49. The molecule has 4 unspecified atom stereocenters. The van der Waals surface area contributed by atoms with E-state index in [1.54, 1.807) is 0 Å². The number of aromatic nitrogens is 2. The van der Waals surface area contributed by atoms with E-state index < -0.39 is 60.8 Å². The number of fused-ring (bicyclic) bond motifs is 10. The zero-order valence-corrected chi connectivity index (χ0v) is 19.2. The molecule has 0 saturated carbocycles. The maximum absolute atomic E-state index is 14.5. The average molecular weight is 525 g/mol. The number of carbonyl (C=O) groups excluding carboxylic acids is 2. The van der Waals surface area contributed by atoms with E-state index in [1.807, 2.05) is 0 Å². The van der Waals surface area contributed by atoms with Crippen molar-refractivity contribution >= 4 is 55.4 Å². The van der Waals surface area contributed by atoms with Crippen molar-refractivity contribution in [2.24, 2.45) is 0 Å². The molecule has 9 nitrogen and oxygen atoms in total. The van der Waals surface area contributed by atoms with Crippen molar-refractivity contribution in [2.45, 2.75) is 30.6 Å². The fourth-order valence-corrected chi connectivity index (χ4v) is 5.86. The molecule has 5 atom stereocenters. The van der Waals surface area contributed by atoms with Crippen molar-refractivity contribution in [1.29, 1.82) is 0 Å². The molecule has 0 aliphatic carbocycles. The number of hydrogen-bond donors (Lipinski definition) is 5. The molecule has 2 aliphatic rings. The molecule has 0 spiro atoms. The standard InChI is InChI=1S/C26H18F3N3O6/c27-7-14-21(33)22(34)23(35)26(38-14)32-13-4-2-9(29)6-11(13)16-18-17(24(36)31-25(18)37)15-10-5-8(28)1-3-12(10)30-19(15)20(16)32/h1-6,14,21-23,26,30,33-35H,7H2,(H,31,36,37)/t14?,21-,22?,23?,26?/m0/s1. The number of imide groups is 1. The lowest BCUT2D eigenvalue weighted by Gasteiger charge is -2.40. The molecule has 5 N–H and O–H groups in total. The number of hydrogen-bond acceptors (Lipinski definition) is 6. The highest BCUT2D eigenvalue weighted by atomic mass is 19.1. The molecule has 3 aromatic carbocycles. The summed E-state index contributed by atoms with van der Waals surface area (Å²) in [7, 11) is 0. The number of amides is 2. The van der Waals surface area contributed by atoms with Gasteiger partial charge >= 0.3 is 0 Å². The van der Waals surface area contributed by atoms with Gasteiger partial charge in [0.15, 0.2) is 6.23 Å². The van der Waals surface area contributed by atoms with Gasteiger partial charge in [-0.15, -0.1) is 0 Å². The first-order valence-electron chi connectivity index (χ1n) is 11.7. The highest BCUT2D eigenvalue weighted by Gasteiger charge is 2.46. The predicted molar refractivity (Wildman–Crippen MR) is 128 cm³/mol. The van der Waals surface area contributed by atoms with Crippen LogP contribution in [-0.2, 0) is 4.74 Å². The Morgan fingerprint density at radius 3 is 2.24 bits per heavy atom. The van der Waals surface area contributed by atoms with Gasteiger partial charge in [-0.2, -0.15) is 0 Å². The van der Waals surface area contributed by atoms with Crippen molar-refractivity contribution in [3.05, 3.63) is 59.2 Å². The molecule has 2 amide bonds. The van der Waals surface area contributed by atoms with Gasteiger partial charge in [0.25, 0.3) is 11.8 Å². The molecule has 0 radical (unpaired) electrons. The van der Waals surface area contributed by atoms with E-state index in [9.17, 15) is 38.1 Å². The number of alkyl halides is 1. The van der Waals surface area contributed by atoms with Gasteiger partial charge in [-0.1, -0.05) is 0 Å².